The minimum absolute atomic E-state index is 0.775. The average molecular weight is 242 g/mol. The molecule has 0 spiro atoms. The van der Waals surface area contributed by atoms with Gasteiger partial charge in [-0.3, -0.25) is 0 Å². The van der Waals surface area contributed by atoms with Crippen LogP contribution in [-0.2, 0) is 6.42 Å². The number of H-pyrrole nitrogens is 1. The molecule has 0 bridgehead atoms. The Kier molecular flexibility index (Phi) is 3.37. The molecular formula is C16H22N2. The summed E-state index contributed by atoms with van der Waals surface area (Å²) in [7, 11) is 0. The van der Waals surface area contributed by atoms with Crippen molar-refractivity contribution in [1.82, 2.24) is 10.3 Å². The smallest absolute Gasteiger partial charge is 0.0486 e. The highest BCUT2D eigenvalue weighted by Crippen LogP contribution is 2.22. The summed E-state index contributed by atoms with van der Waals surface area (Å²) < 4.78 is 0. The van der Waals surface area contributed by atoms with E-state index in [-0.39, 0.29) is 0 Å². The van der Waals surface area contributed by atoms with Crippen molar-refractivity contribution in [2.45, 2.75) is 45.1 Å². The SMILES string of the molecule is Cc1cccc2c(CCNC3CCCC3)c[nH]c12. The molecule has 0 atom stereocenters. The second kappa shape index (κ2) is 5.15. The van der Waals surface area contributed by atoms with E-state index in [1.54, 1.807) is 0 Å². The van der Waals surface area contributed by atoms with E-state index in [0.717, 1.165) is 19.0 Å². The average Bonchev–Trinajstić information content (AvgIpc) is 3.00. The van der Waals surface area contributed by atoms with Crippen LogP contribution in [0.3, 0.4) is 0 Å². The predicted octanol–water partition coefficient (Wildman–Crippen LogP) is 3.55. The molecule has 1 heterocycles. The first-order valence-corrected chi connectivity index (χ1v) is 7.13. The van der Waals surface area contributed by atoms with Gasteiger partial charge in [0.2, 0.25) is 0 Å². The summed E-state index contributed by atoms with van der Waals surface area (Å²) in [5.74, 6) is 0. The van der Waals surface area contributed by atoms with Gasteiger partial charge in [-0.2, -0.15) is 0 Å². The van der Waals surface area contributed by atoms with E-state index in [4.69, 9.17) is 0 Å². The van der Waals surface area contributed by atoms with Crippen molar-refractivity contribution < 1.29 is 0 Å². The van der Waals surface area contributed by atoms with Crippen LogP contribution < -0.4 is 5.32 Å². The lowest BCUT2D eigenvalue weighted by molar-refractivity contribution is 0.528. The van der Waals surface area contributed by atoms with Gasteiger partial charge in [0.1, 0.15) is 0 Å². The van der Waals surface area contributed by atoms with Crippen molar-refractivity contribution in [3.63, 3.8) is 0 Å². The monoisotopic (exact) mass is 242 g/mol. The van der Waals surface area contributed by atoms with Gasteiger partial charge < -0.3 is 10.3 Å². The lowest BCUT2D eigenvalue weighted by Crippen LogP contribution is -2.27. The van der Waals surface area contributed by atoms with Crippen molar-refractivity contribution in [3.8, 4) is 0 Å². The van der Waals surface area contributed by atoms with Gasteiger partial charge in [0, 0.05) is 23.1 Å². The molecule has 3 rings (SSSR count). The van der Waals surface area contributed by atoms with Crippen molar-refractivity contribution in [2.24, 2.45) is 0 Å². The van der Waals surface area contributed by atoms with Gasteiger partial charge in [-0.15, -0.1) is 0 Å². The lowest BCUT2D eigenvalue weighted by atomic mass is 10.1. The Morgan fingerprint density at radius 1 is 1.28 bits per heavy atom. The summed E-state index contributed by atoms with van der Waals surface area (Å²) in [5.41, 5.74) is 4.08. The van der Waals surface area contributed by atoms with Crippen LogP contribution in [0.5, 0.6) is 0 Å². The highest BCUT2D eigenvalue weighted by molar-refractivity contribution is 5.85. The third kappa shape index (κ3) is 2.30. The second-order valence-electron chi connectivity index (χ2n) is 5.50. The van der Waals surface area contributed by atoms with Crippen molar-refractivity contribution in [2.75, 3.05) is 6.54 Å². The van der Waals surface area contributed by atoms with Crippen LogP contribution in [0.4, 0.5) is 0 Å². The molecule has 1 fully saturated rings. The molecule has 2 heteroatoms. The number of aromatic amines is 1. The molecule has 0 aliphatic heterocycles. The Labute approximate surface area is 109 Å². The quantitative estimate of drug-likeness (QED) is 0.843. The van der Waals surface area contributed by atoms with E-state index in [1.165, 1.54) is 47.7 Å². The number of nitrogens with one attached hydrogen (secondary N) is 2. The third-order valence-electron chi connectivity index (χ3n) is 4.19. The highest BCUT2D eigenvalue weighted by atomic mass is 14.9. The van der Waals surface area contributed by atoms with Gasteiger partial charge in [-0.1, -0.05) is 31.0 Å². The fourth-order valence-electron chi connectivity index (χ4n) is 3.11. The van der Waals surface area contributed by atoms with Crippen LogP contribution in [0.25, 0.3) is 10.9 Å². The maximum Gasteiger partial charge on any atom is 0.0486 e. The fraction of sp³-hybridized carbons (Fsp3) is 0.500. The zero-order valence-corrected chi connectivity index (χ0v) is 11.1. The van der Waals surface area contributed by atoms with E-state index in [0.29, 0.717) is 0 Å². The van der Waals surface area contributed by atoms with Gasteiger partial charge in [-0.05, 0) is 43.9 Å². The van der Waals surface area contributed by atoms with E-state index in [9.17, 15) is 0 Å². The molecule has 1 aromatic carbocycles. The minimum Gasteiger partial charge on any atom is -0.361 e. The first-order chi connectivity index (χ1) is 8.84. The predicted molar refractivity (Wildman–Crippen MR) is 77.0 cm³/mol. The van der Waals surface area contributed by atoms with Gasteiger partial charge in [0.05, 0.1) is 0 Å². The maximum absolute atomic E-state index is 3.69. The van der Waals surface area contributed by atoms with Crippen LogP contribution in [0.1, 0.15) is 36.8 Å². The molecule has 0 saturated heterocycles. The highest BCUT2D eigenvalue weighted by Gasteiger charge is 2.13. The number of aryl methyl sites for hydroxylation is 1. The molecule has 18 heavy (non-hydrogen) atoms. The van der Waals surface area contributed by atoms with Crippen LogP contribution in [-0.4, -0.2) is 17.6 Å². The normalized spacial score (nSPS) is 16.7. The lowest BCUT2D eigenvalue weighted by Gasteiger charge is -2.11. The number of para-hydroxylation sites is 1. The number of aromatic nitrogens is 1. The maximum atomic E-state index is 3.69. The molecular weight excluding hydrogens is 220 g/mol. The zero-order valence-electron chi connectivity index (χ0n) is 11.1. The standard InChI is InChI=1S/C16H22N2/c1-12-5-4-8-15-13(11-18-16(12)15)9-10-17-14-6-2-3-7-14/h4-5,8,11,14,17-18H,2-3,6-7,9-10H2,1H3. The molecule has 2 aromatic rings. The fourth-order valence-corrected chi connectivity index (χ4v) is 3.11. The summed E-state index contributed by atoms with van der Waals surface area (Å²) in [5, 5.41) is 5.08. The molecule has 96 valence electrons. The topological polar surface area (TPSA) is 27.8 Å². The molecule has 0 radical (unpaired) electrons. The number of hydrogen-bond acceptors (Lipinski definition) is 1. The van der Waals surface area contributed by atoms with Crippen LogP contribution in [0.15, 0.2) is 24.4 Å². The van der Waals surface area contributed by atoms with Crippen LogP contribution in [0.2, 0.25) is 0 Å². The van der Waals surface area contributed by atoms with E-state index in [1.807, 2.05) is 0 Å². The van der Waals surface area contributed by atoms with Gasteiger partial charge in [0.25, 0.3) is 0 Å². The summed E-state index contributed by atoms with van der Waals surface area (Å²) in [6.45, 7) is 3.27. The van der Waals surface area contributed by atoms with E-state index >= 15 is 0 Å². The Balaban J connectivity index is 1.65. The van der Waals surface area contributed by atoms with E-state index in [2.05, 4.69) is 41.6 Å². The molecule has 2 nitrogen and oxygen atoms in total. The summed E-state index contributed by atoms with van der Waals surface area (Å²) in [4.78, 5) is 3.41. The Morgan fingerprint density at radius 2 is 2.11 bits per heavy atom. The Hall–Kier alpha value is -1.28. The van der Waals surface area contributed by atoms with Gasteiger partial charge in [0.15, 0.2) is 0 Å². The van der Waals surface area contributed by atoms with Gasteiger partial charge in [-0.25, -0.2) is 0 Å². The second-order valence-corrected chi connectivity index (χ2v) is 5.50. The van der Waals surface area contributed by atoms with Crippen molar-refractivity contribution in [3.05, 3.63) is 35.5 Å². The minimum atomic E-state index is 0.775. The van der Waals surface area contributed by atoms with Gasteiger partial charge >= 0.3 is 0 Å². The number of rotatable bonds is 4. The summed E-state index contributed by atoms with van der Waals surface area (Å²) in [6, 6.07) is 7.32. The van der Waals surface area contributed by atoms with Crippen LogP contribution in [0, 0.1) is 6.92 Å². The van der Waals surface area contributed by atoms with Crippen molar-refractivity contribution >= 4 is 10.9 Å². The van der Waals surface area contributed by atoms with E-state index < -0.39 is 0 Å². The Bertz CT molecular complexity index is 521. The summed E-state index contributed by atoms with van der Waals surface area (Å²) in [6.07, 6.45) is 8.85. The first kappa shape index (κ1) is 11.8. The number of benzene rings is 1. The molecule has 1 aromatic heterocycles. The number of fused-ring (bicyclic) bond motifs is 1. The molecule has 2 N–H and O–H groups in total. The summed E-state index contributed by atoms with van der Waals surface area (Å²) >= 11 is 0. The molecule has 0 amide bonds. The Morgan fingerprint density at radius 3 is 2.94 bits per heavy atom. The van der Waals surface area contributed by atoms with Crippen molar-refractivity contribution in [1.29, 1.82) is 0 Å². The molecule has 1 aliphatic carbocycles. The first-order valence-electron chi connectivity index (χ1n) is 7.13. The van der Waals surface area contributed by atoms with Crippen LogP contribution >= 0.6 is 0 Å². The molecule has 1 aliphatic rings. The molecule has 1 saturated carbocycles. The largest absolute Gasteiger partial charge is 0.361 e. The third-order valence-corrected chi connectivity index (χ3v) is 4.19. The zero-order chi connectivity index (χ0) is 12.4. The molecule has 0 unspecified atom stereocenters. The number of hydrogen-bond donors (Lipinski definition) is 2.